The molecular weight excluding hydrogens is 497 g/mol. The number of carbonyl (C=O) groups is 2. The van der Waals surface area contributed by atoms with Gasteiger partial charge in [0.15, 0.2) is 6.10 Å². The number of nitrogens with one attached hydrogen (secondary N) is 2. The highest BCUT2D eigenvalue weighted by Gasteiger charge is 2.26. The number of esters is 1. The van der Waals surface area contributed by atoms with E-state index in [2.05, 4.69) is 29.4 Å². The Labute approximate surface area is 223 Å². The van der Waals surface area contributed by atoms with Crippen LogP contribution in [-0.4, -0.2) is 37.3 Å². The number of hydrogen-bond donors (Lipinski definition) is 2. The lowest BCUT2D eigenvalue weighted by Gasteiger charge is -2.38. The summed E-state index contributed by atoms with van der Waals surface area (Å²) in [6.45, 7) is 8.74. The van der Waals surface area contributed by atoms with Crippen LogP contribution < -0.4 is 20.3 Å². The lowest BCUT2D eigenvalue weighted by atomic mass is 9.93. The second-order valence-electron chi connectivity index (χ2n) is 9.73. The predicted molar refractivity (Wildman–Crippen MR) is 146 cm³/mol. The molecule has 1 atom stereocenters. The van der Waals surface area contributed by atoms with Crippen molar-refractivity contribution >= 4 is 40.7 Å². The van der Waals surface area contributed by atoms with Crippen LogP contribution in [-0.2, 0) is 9.53 Å². The summed E-state index contributed by atoms with van der Waals surface area (Å²) in [7, 11) is 0. The van der Waals surface area contributed by atoms with Gasteiger partial charge in [-0.3, -0.25) is 0 Å². The van der Waals surface area contributed by atoms with Crippen LogP contribution in [0.4, 0.5) is 26.2 Å². The first-order chi connectivity index (χ1) is 17.7. The van der Waals surface area contributed by atoms with Crippen LogP contribution in [0.25, 0.3) is 0 Å². The number of halogens is 2. The van der Waals surface area contributed by atoms with Crippen molar-refractivity contribution in [2.24, 2.45) is 5.92 Å². The smallest absolute Gasteiger partial charge is 0.347 e. The highest BCUT2D eigenvalue weighted by Crippen LogP contribution is 2.36. The molecule has 2 amide bonds. The van der Waals surface area contributed by atoms with E-state index >= 15 is 0 Å². The summed E-state index contributed by atoms with van der Waals surface area (Å²) in [4.78, 5) is 27.4. The van der Waals surface area contributed by atoms with Crippen LogP contribution in [0.1, 0.15) is 59.8 Å². The Hall–Kier alpha value is -3.00. The molecule has 1 aliphatic carbocycles. The van der Waals surface area contributed by atoms with Gasteiger partial charge in [0.2, 0.25) is 0 Å². The number of carbonyl (C=O) groups excluding carboxylic acids is 2. The Morgan fingerprint density at radius 1 is 1.05 bits per heavy atom. The van der Waals surface area contributed by atoms with Gasteiger partial charge < -0.3 is 25.0 Å². The molecule has 0 aromatic heterocycles. The molecule has 0 saturated heterocycles. The molecule has 1 fully saturated rings. The van der Waals surface area contributed by atoms with E-state index in [1.165, 1.54) is 18.6 Å². The number of rotatable bonds is 10. The first-order valence-corrected chi connectivity index (χ1v) is 13.3. The minimum absolute atomic E-state index is 0.0121. The van der Waals surface area contributed by atoms with E-state index < -0.39 is 23.9 Å². The summed E-state index contributed by atoms with van der Waals surface area (Å²) >= 11 is 5.83. The molecular formula is C28H37ClFN3O4. The largest absolute Gasteiger partial charge is 0.479 e. The molecule has 2 aromatic rings. The zero-order chi connectivity index (χ0) is 26.9. The molecule has 1 unspecified atom stereocenters. The van der Waals surface area contributed by atoms with Gasteiger partial charge in [-0.05, 0) is 62.9 Å². The molecule has 1 aliphatic rings. The first kappa shape index (κ1) is 28.6. The maximum Gasteiger partial charge on any atom is 0.347 e. The van der Waals surface area contributed by atoms with Crippen molar-refractivity contribution in [2.75, 3.05) is 28.7 Å². The molecule has 0 aliphatic heterocycles. The van der Waals surface area contributed by atoms with Crippen molar-refractivity contribution < 1.29 is 23.5 Å². The van der Waals surface area contributed by atoms with Gasteiger partial charge in [0.05, 0.1) is 23.7 Å². The molecule has 2 N–H and O–H groups in total. The van der Waals surface area contributed by atoms with Crippen molar-refractivity contribution in [1.29, 1.82) is 0 Å². The SMILES string of the molecule is CCOC(=O)C(C)Oc1ccc(N(CC(C)C)C2CCCCC2)c(NC(=O)Nc2ccc(Cl)cc2F)c1. The fourth-order valence-electron chi connectivity index (χ4n) is 4.55. The standard InChI is InChI=1S/C28H37ClFN3O4/c1-5-36-27(34)19(4)37-22-12-14-26(33(17-18(2)3)21-9-7-6-8-10-21)25(16-22)32-28(35)31-24-13-11-20(29)15-23(24)30/h11-16,18-19,21H,5-10,17H2,1-4H3,(H2,31,32,35). The number of amides is 2. The normalized spacial score (nSPS) is 14.7. The molecule has 9 heteroatoms. The molecule has 0 spiro atoms. The van der Waals surface area contributed by atoms with Crippen molar-refractivity contribution in [2.45, 2.75) is 71.9 Å². The summed E-state index contributed by atoms with van der Waals surface area (Å²) < 4.78 is 25.2. The van der Waals surface area contributed by atoms with Gasteiger partial charge in [0.1, 0.15) is 11.6 Å². The maximum absolute atomic E-state index is 14.3. The monoisotopic (exact) mass is 533 g/mol. The van der Waals surface area contributed by atoms with Gasteiger partial charge >= 0.3 is 12.0 Å². The second kappa shape index (κ2) is 13.5. The van der Waals surface area contributed by atoms with Crippen molar-refractivity contribution in [3.05, 3.63) is 47.2 Å². The molecule has 0 bridgehead atoms. The fourth-order valence-corrected chi connectivity index (χ4v) is 4.71. The lowest BCUT2D eigenvalue weighted by Crippen LogP contribution is -2.40. The third kappa shape index (κ3) is 8.25. The highest BCUT2D eigenvalue weighted by atomic mass is 35.5. The first-order valence-electron chi connectivity index (χ1n) is 12.9. The van der Waals surface area contributed by atoms with Crippen LogP contribution in [0.5, 0.6) is 5.75 Å². The molecule has 1 saturated carbocycles. The van der Waals surface area contributed by atoms with Gasteiger partial charge in [-0.1, -0.05) is 44.7 Å². The Morgan fingerprint density at radius 2 is 1.76 bits per heavy atom. The predicted octanol–water partition coefficient (Wildman–Crippen LogP) is 7.25. The van der Waals surface area contributed by atoms with E-state index in [0.29, 0.717) is 23.4 Å². The van der Waals surface area contributed by atoms with E-state index in [-0.39, 0.29) is 17.3 Å². The van der Waals surface area contributed by atoms with E-state index in [1.54, 1.807) is 26.0 Å². The van der Waals surface area contributed by atoms with E-state index in [1.807, 2.05) is 6.07 Å². The van der Waals surface area contributed by atoms with Crippen LogP contribution in [0, 0.1) is 11.7 Å². The van der Waals surface area contributed by atoms with Gasteiger partial charge in [-0.25, -0.2) is 14.0 Å². The quantitative estimate of drug-likeness (QED) is 0.314. The Morgan fingerprint density at radius 3 is 2.41 bits per heavy atom. The molecule has 2 aromatic carbocycles. The Balaban J connectivity index is 1.92. The number of nitrogens with zero attached hydrogens (tertiary/aromatic N) is 1. The number of anilines is 3. The minimum Gasteiger partial charge on any atom is -0.479 e. The van der Waals surface area contributed by atoms with Crippen molar-refractivity contribution in [1.82, 2.24) is 0 Å². The van der Waals surface area contributed by atoms with E-state index in [4.69, 9.17) is 21.1 Å². The summed E-state index contributed by atoms with van der Waals surface area (Å²) in [6.07, 6.45) is 4.89. The zero-order valence-corrected chi connectivity index (χ0v) is 22.7. The average molecular weight is 534 g/mol. The number of ether oxygens (including phenoxy) is 2. The minimum atomic E-state index is -0.819. The van der Waals surface area contributed by atoms with Gasteiger partial charge in [-0.15, -0.1) is 0 Å². The molecule has 202 valence electrons. The topological polar surface area (TPSA) is 79.9 Å². The molecule has 0 heterocycles. The van der Waals surface area contributed by atoms with E-state index in [9.17, 15) is 14.0 Å². The highest BCUT2D eigenvalue weighted by molar-refractivity contribution is 6.30. The van der Waals surface area contributed by atoms with Gasteiger partial charge in [0.25, 0.3) is 0 Å². The van der Waals surface area contributed by atoms with Crippen LogP contribution in [0.15, 0.2) is 36.4 Å². The summed E-state index contributed by atoms with van der Waals surface area (Å²) in [5.74, 6) is -0.301. The molecule has 3 rings (SSSR count). The maximum atomic E-state index is 14.3. The Kier molecular flexibility index (Phi) is 10.4. The van der Waals surface area contributed by atoms with Crippen LogP contribution >= 0.6 is 11.6 Å². The number of benzene rings is 2. The second-order valence-corrected chi connectivity index (χ2v) is 10.2. The van der Waals surface area contributed by atoms with Gasteiger partial charge in [-0.2, -0.15) is 0 Å². The Bertz CT molecular complexity index is 1080. The summed E-state index contributed by atoms with van der Waals surface area (Å²) in [6, 6.07) is 9.19. The fraction of sp³-hybridized carbons (Fsp3) is 0.500. The number of urea groups is 1. The third-order valence-electron chi connectivity index (χ3n) is 6.21. The third-order valence-corrected chi connectivity index (χ3v) is 6.45. The number of hydrogen-bond acceptors (Lipinski definition) is 5. The van der Waals surface area contributed by atoms with Crippen LogP contribution in [0.3, 0.4) is 0 Å². The molecule has 7 nitrogen and oxygen atoms in total. The summed E-state index contributed by atoms with van der Waals surface area (Å²) in [5, 5.41) is 5.66. The molecule has 0 radical (unpaired) electrons. The zero-order valence-electron chi connectivity index (χ0n) is 22.0. The van der Waals surface area contributed by atoms with Crippen molar-refractivity contribution in [3.63, 3.8) is 0 Å². The molecule has 37 heavy (non-hydrogen) atoms. The lowest BCUT2D eigenvalue weighted by molar-refractivity contribution is -0.150. The van der Waals surface area contributed by atoms with Crippen LogP contribution in [0.2, 0.25) is 5.02 Å². The van der Waals surface area contributed by atoms with Crippen molar-refractivity contribution in [3.8, 4) is 5.75 Å². The van der Waals surface area contributed by atoms with Gasteiger partial charge in [0, 0.05) is 23.7 Å². The average Bonchev–Trinajstić information content (AvgIpc) is 2.85. The van der Waals surface area contributed by atoms with E-state index in [0.717, 1.165) is 44.0 Å². The summed E-state index contributed by atoms with van der Waals surface area (Å²) in [5.41, 5.74) is 1.37.